The lowest BCUT2D eigenvalue weighted by Gasteiger charge is -2.34. The Hall–Kier alpha value is -1.07. The van der Waals surface area contributed by atoms with Crippen LogP contribution in [0, 0.1) is 0 Å². The molecule has 2 atom stereocenters. The monoisotopic (exact) mass is 340 g/mol. The molecule has 2 rings (SSSR count). The number of nitrogens with one attached hydrogen (secondary N) is 1. The zero-order valence-corrected chi connectivity index (χ0v) is 13.5. The molecule has 1 amide bonds. The Kier molecular flexibility index (Phi) is 5.43. The minimum absolute atomic E-state index is 0.0562. The molecule has 1 heterocycles. The molecule has 1 aromatic carbocycles. The molecule has 0 aliphatic carbocycles. The number of nitrogens with zero attached hydrogens (tertiary/aromatic N) is 1. The fourth-order valence-corrected chi connectivity index (χ4v) is 2.83. The summed E-state index contributed by atoms with van der Waals surface area (Å²) in [6.45, 7) is 3.39. The van der Waals surface area contributed by atoms with E-state index in [-0.39, 0.29) is 5.91 Å². The number of carbonyl (C=O) groups is 1. The molecule has 1 aliphatic heterocycles. The summed E-state index contributed by atoms with van der Waals surface area (Å²) in [6, 6.07) is 7.98. The topological polar surface area (TPSA) is 41.6 Å². The molecule has 20 heavy (non-hydrogen) atoms. The van der Waals surface area contributed by atoms with E-state index in [0.717, 1.165) is 30.4 Å². The summed E-state index contributed by atoms with van der Waals surface area (Å²) in [4.78, 5) is 14.3. The van der Waals surface area contributed by atoms with Crippen molar-refractivity contribution in [1.82, 2.24) is 10.2 Å². The van der Waals surface area contributed by atoms with Crippen LogP contribution in [0.25, 0.3) is 0 Å². The van der Waals surface area contributed by atoms with Crippen molar-refractivity contribution in [2.45, 2.75) is 31.9 Å². The van der Waals surface area contributed by atoms with Gasteiger partial charge in [0.05, 0.1) is 4.47 Å². The van der Waals surface area contributed by atoms with Gasteiger partial charge in [-0.1, -0.05) is 12.1 Å². The van der Waals surface area contributed by atoms with Gasteiger partial charge in [-0.2, -0.15) is 0 Å². The third-order valence-electron chi connectivity index (χ3n) is 3.63. The number of hydrogen-bond acceptors (Lipinski definition) is 3. The van der Waals surface area contributed by atoms with Crippen molar-refractivity contribution in [3.05, 3.63) is 28.7 Å². The number of likely N-dealkylation sites (tertiary alicyclic amines) is 1. The second-order valence-corrected chi connectivity index (χ2v) is 5.96. The quantitative estimate of drug-likeness (QED) is 0.915. The number of piperidine rings is 1. The van der Waals surface area contributed by atoms with Crippen LogP contribution in [-0.4, -0.2) is 43.1 Å². The van der Waals surface area contributed by atoms with Gasteiger partial charge in [-0.3, -0.25) is 4.79 Å². The largest absolute Gasteiger partial charge is 0.480 e. The Morgan fingerprint density at radius 2 is 2.25 bits per heavy atom. The van der Waals surface area contributed by atoms with Gasteiger partial charge < -0.3 is 15.0 Å². The summed E-state index contributed by atoms with van der Waals surface area (Å²) < 4.78 is 6.64. The summed E-state index contributed by atoms with van der Waals surface area (Å²) in [5, 5.41) is 3.24. The second-order valence-electron chi connectivity index (χ2n) is 5.10. The van der Waals surface area contributed by atoms with Gasteiger partial charge in [-0.15, -0.1) is 0 Å². The Balaban J connectivity index is 1.96. The summed E-state index contributed by atoms with van der Waals surface area (Å²) >= 11 is 3.43. The van der Waals surface area contributed by atoms with Gasteiger partial charge in [0, 0.05) is 19.1 Å². The Morgan fingerprint density at radius 1 is 1.50 bits per heavy atom. The van der Waals surface area contributed by atoms with Gasteiger partial charge >= 0.3 is 0 Å². The molecule has 0 spiro atoms. The zero-order valence-electron chi connectivity index (χ0n) is 11.9. The molecule has 1 saturated heterocycles. The lowest BCUT2D eigenvalue weighted by Crippen LogP contribution is -2.50. The first-order valence-electron chi connectivity index (χ1n) is 6.99. The van der Waals surface area contributed by atoms with Crippen molar-refractivity contribution in [3.63, 3.8) is 0 Å². The molecule has 1 aliphatic rings. The summed E-state index contributed by atoms with van der Waals surface area (Å²) in [7, 11) is 1.94. The molecule has 0 saturated carbocycles. The molecule has 5 heteroatoms. The third-order valence-corrected chi connectivity index (χ3v) is 4.28. The number of para-hydroxylation sites is 1. The van der Waals surface area contributed by atoms with Crippen LogP contribution in [-0.2, 0) is 4.79 Å². The predicted molar refractivity (Wildman–Crippen MR) is 82.9 cm³/mol. The van der Waals surface area contributed by atoms with E-state index in [0.29, 0.717) is 11.8 Å². The molecule has 1 fully saturated rings. The van der Waals surface area contributed by atoms with E-state index in [4.69, 9.17) is 4.74 Å². The summed E-state index contributed by atoms with van der Waals surface area (Å²) in [6.07, 6.45) is 1.70. The van der Waals surface area contributed by atoms with E-state index in [1.54, 1.807) is 0 Å². The Morgan fingerprint density at radius 3 is 2.95 bits per heavy atom. The first kappa shape index (κ1) is 15.3. The van der Waals surface area contributed by atoms with Crippen molar-refractivity contribution in [2.75, 3.05) is 20.1 Å². The number of amides is 1. The van der Waals surface area contributed by atoms with E-state index in [1.165, 1.54) is 0 Å². The average Bonchev–Trinajstić information content (AvgIpc) is 2.48. The molecule has 1 N–H and O–H groups in total. The van der Waals surface area contributed by atoms with Gasteiger partial charge in [-0.25, -0.2) is 0 Å². The molecule has 4 nitrogen and oxygen atoms in total. The summed E-state index contributed by atoms with van der Waals surface area (Å²) in [5.74, 6) is 0.760. The first-order valence-corrected chi connectivity index (χ1v) is 7.78. The van der Waals surface area contributed by atoms with Crippen molar-refractivity contribution < 1.29 is 9.53 Å². The van der Waals surface area contributed by atoms with E-state index < -0.39 is 6.10 Å². The number of benzene rings is 1. The Labute approximate surface area is 128 Å². The highest BCUT2D eigenvalue weighted by molar-refractivity contribution is 9.10. The van der Waals surface area contributed by atoms with Crippen LogP contribution in [0.2, 0.25) is 0 Å². The SMILES string of the molecule is CN[C@H]1CCCN(C(=O)[C@@H](C)Oc2ccccc2Br)C1. The van der Waals surface area contributed by atoms with Crippen LogP contribution in [0.4, 0.5) is 0 Å². The molecule has 0 aromatic heterocycles. The number of halogens is 1. The lowest BCUT2D eigenvalue weighted by molar-refractivity contribution is -0.139. The maximum atomic E-state index is 12.4. The summed E-state index contributed by atoms with van der Waals surface area (Å²) in [5.41, 5.74) is 0. The fourth-order valence-electron chi connectivity index (χ4n) is 2.45. The third kappa shape index (κ3) is 3.73. The molecule has 110 valence electrons. The maximum absolute atomic E-state index is 12.4. The number of rotatable bonds is 4. The van der Waals surface area contributed by atoms with E-state index in [9.17, 15) is 4.79 Å². The van der Waals surface area contributed by atoms with Crippen molar-refractivity contribution in [2.24, 2.45) is 0 Å². The second kappa shape index (κ2) is 7.09. The molecule has 0 bridgehead atoms. The van der Waals surface area contributed by atoms with Crippen molar-refractivity contribution >= 4 is 21.8 Å². The van der Waals surface area contributed by atoms with Crippen LogP contribution in [0.1, 0.15) is 19.8 Å². The average molecular weight is 341 g/mol. The van der Waals surface area contributed by atoms with Gasteiger partial charge in [0.2, 0.25) is 0 Å². The minimum atomic E-state index is -0.468. The van der Waals surface area contributed by atoms with Crippen LogP contribution in [0.3, 0.4) is 0 Å². The van der Waals surface area contributed by atoms with E-state index >= 15 is 0 Å². The highest BCUT2D eigenvalue weighted by Crippen LogP contribution is 2.25. The molecular weight excluding hydrogens is 320 g/mol. The number of ether oxygens (including phenoxy) is 1. The van der Waals surface area contributed by atoms with Crippen LogP contribution in [0.15, 0.2) is 28.7 Å². The number of hydrogen-bond donors (Lipinski definition) is 1. The number of carbonyl (C=O) groups excluding carboxylic acids is 1. The Bertz CT molecular complexity index is 467. The van der Waals surface area contributed by atoms with Gasteiger partial charge in [0.15, 0.2) is 6.10 Å². The molecule has 0 radical (unpaired) electrons. The van der Waals surface area contributed by atoms with E-state index in [2.05, 4.69) is 21.2 Å². The van der Waals surface area contributed by atoms with Gasteiger partial charge in [-0.05, 0) is 54.9 Å². The van der Waals surface area contributed by atoms with Crippen LogP contribution >= 0.6 is 15.9 Å². The van der Waals surface area contributed by atoms with E-state index in [1.807, 2.05) is 43.1 Å². The maximum Gasteiger partial charge on any atom is 0.263 e. The molecule has 1 aromatic rings. The van der Waals surface area contributed by atoms with Gasteiger partial charge in [0.1, 0.15) is 5.75 Å². The lowest BCUT2D eigenvalue weighted by atomic mass is 10.1. The fraction of sp³-hybridized carbons (Fsp3) is 0.533. The first-order chi connectivity index (χ1) is 9.61. The minimum Gasteiger partial charge on any atom is -0.480 e. The normalized spacial score (nSPS) is 20.6. The highest BCUT2D eigenvalue weighted by atomic mass is 79.9. The highest BCUT2D eigenvalue weighted by Gasteiger charge is 2.27. The van der Waals surface area contributed by atoms with Gasteiger partial charge in [0.25, 0.3) is 5.91 Å². The smallest absolute Gasteiger partial charge is 0.263 e. The zero-order chi connectivity index (χ0) is 14.5. The van der Waals surface area contributed by atoms with Crippen LogP contribution in [0.5, 0.6) is 5.75 Å². The molecular formula is C15H21BrN2O2. The predicted octanol–water partition coefficient (Wildman–Crippen LogP) is 2.43. The molecule has 0 unspecified atom stereocenters. The van der Waals surface area contributed by atoms with Crippen LogP contribution < -0.4 is 10.1 Å². The number of likely N-dealkylation sites (N-methyl/N-ethyl adjacent to an activating group) is 1. The standard InChI is InChI=1S/C15H21BrN2O2/c1-11(20-14-8-4-3-7-13(14)16)15(19)18-9-5-6-12(10-18)17-2/h3-4,7-8,11-12,17H,5-6,9-10H2,1-2H3/t11-,12+/m1/s1. The van der Waals surface area contributed by atoms with Crippen molar-refractivity contribution in [1.29, 1.82) is 0 Å². The van der Waals surface area contributed by atoms with Crippen molar-refractivity contribution in [3.8, 4) is 5.75 Å².